The summed E-state index contributed by atoms with van der Waals surface area (Å²) in [5.74, 6) is -0.868. The van der Waals surface area contributed by atoms with Crippen LogP contribution in [0.3, 0.4) is 0 Å². The van der Waals surface area contributed by atoms with Gasteiger partial charge in [-0.15, -0.1) is 0 Å². The average Bonchev–Trinajstić information content (AvgIpc) is 2.99. The Balaban J connectivity index is 1.75. The SMILES string of the molecule is CN(C)c1ccc(NC2=C(c3ccc(Cl)cc3Cl)C(=O)N(Cc3cccnc3)C2=O)cc1. The van der Waals surface area contributed by atoms with Crippen LogP contribution < -0.4 is 10.2 Å². The molecular formula is C24H20Cl2N4O2. The van der Waals surface area contributed by atoms with Gasteiger partial charge in [-0.25, -0.2) is 0 Å². The van der Waals surface area contributed by atoms with E-state index < -0.39 is 11.8 Å². The predicted octanol–water partition coefficient (Wildman–Crippen LogP) is 4.85. The first-order chi connectivity index (χ1) is 15.3. The number of amides is 2. The minimum atomic E-state index is -0.435. The molecule has 0 unspecified atom stereocenters. The molecule has 6 nitrogen and oxygen atoms in total. The second kappa shape index (κ2) is 9.02. The molecule has 32 heavy (non-hydrogen) atoms. The Morgan fingerprint density at radius 1 is 1.00 bits per heavy atom. The third-order valence-electron chi connectivity index (χ3n) is 5.09. The van der Waals surface area contributed by atoms with E-state index >= 15 is 0 Å². The summed E-state index contributed by atoms with van der Waals surface area (Å²) < 4.78 is 0. The number of benzene rings is 2. The van der Waals surface area contributed by atoms with E-state index in [9.17, 15) is 9.59 Å². The van der Waals surface area contributed by atoms with Gasteiger partial charge >= 0.3 is 0 Å². The van der Waals surface area contributed by atoms with E-state index in [1.165, 1.54) is 4.90 Å². The third-order valence-corrected chi connectivity index (χ3v) is 5.63. The Morgan fingerprint density at radius 2 is 1.75 bits per heavy atom. The molecule has 0 saturated carbocycles. The maximum Gasteiger partial charge on any atom is 0.278 e. The van der Waals surface area contributed by atoms with E-state index in [0.29, 0.717) is 21.3 Å². The quantitative estimate of drug-likeness (QED) is 0.526. The van der Waals surface area contributed by atoms with Crippen molar-refractivity contribution in [3.63, 3.8) is 0 Å². The molecule has 0 aliphatic carbocycles. The number of pyridine rings is 1. The number of aromatic nitrogens is 1. The Hall–Kier alpha value is -3.35. The van der Waals surface area contributed by atoms with Gasteiger partial charge in [0, 0.05) is 48.4 Å². The minimum Gasteiger partial charge on any atom is -0.378 e. The zero-order chi connectivity index (χ0) is 22.8. The topological polar surface area (TPSA) is 65.5 Å². The molecule has 0 bridgehead atoms. The van der Waals surface area contributed by atoms with Gasteiger partial charge in [-0.05, 0) is 48.0 Å². The van der Waals surface area contributed by atoms with E-state index in [1.54, 1.807) is 36.7 Å². The number of hydrogen-bond acceptors (Lipinski definition) is 5. The minimum absolute atomic E-state index is 0.102. The maximum atomic E-state index is 13.4. The number of hydrogen-bond donors (Lipinski definition) is 1. The number of imide groups is 1. The van der Waals surface area contributed by atoms with Crippen LogP contribution >= 0.6 is 23.2 Å². The van der Waals surface area contributed by atoms with Crippen molar-refractivity contribution in [2.24, 2.45) is 0 Å². The second-order valence-electron chi connectivity index (χ2n) is 7.50. The summed E-state index contributed by atoms with van der Waals surface area (Å²) >= 11 is 12.5. The number of anilines is 2. The van der Waals surface area contributed by atoms with E-state index in [-0.39, 0.29) is 17.8 Å². The first-order valence-corrected chi connectivity index (χ1v) is 10.6. The monoisotopic (exact) mass is 466 g/mol. The fourth-order valence-corrected chi connectivity index (χ4v) is 3.94. The van der Waals surface area contributed by atoms with E-state index in [4.69, 9.17) is 23.2 Å². The number of carbonyl (C=O) groups is 2. The molecule has 1 aliphatic rings. The van der Waals surface area contributed by atoms with Gasteiger partial charge in [0.2, 0.25) is 0 Å². The molecule has 0 fully saturated rings. The van der Waals surface area contributed by atoms with Crippen LogP contribution in [0.25, 0.3) is 5.57 Å². The first kappa shape index (κ1) is 21.9. The van der Waals surface area contributed by atoms with Crippen LogP contribution in [-0.4, -0.2) is 35.8 Å². The van der Waals surface area contributed by atoms with Crippen LogP contribution in [0.2, 0.25) is 10.0 Å². The Bertz CT molecular complexity index is 1210. The highest BCUT2D eigenvalue weighted by Crippen LogP contribution is 2.36. The van der Waals surface area contributed by atoms with Gasteiger partial charge in [-0.2, -0.15) is 0 Å². The molecule has 2 aromatic carbocycles. The van der Waals surface area contributed by atoms with Gasteiger partial charge in [0.25, 0.3) is 11.8 Å². The Labute approximate surface area is 196 Å². The lowest BCUT2D eigenvalue weighted by molar-refractivity contribution is -0.137. The molecule has 2 amide bonds. The summed E-state index contributed by atoms with van der Waals surface area (Å²) in [5.41, 5.74) is 3.25. The highest BCUT2D eigenvalue weighted by Gasteiger charge is 2.40. The van der Waals surface area contributed by atoms with Crippen molar-refractivity contribution in [3.8, 4) is 0 Å². The van der Waals surface area contributed by atoms with Crippen LogP contribution in [0.15, 0.2) is 72.7 Å². The lowest BCUT2D eigenvalue weighted by Gasteiger charge is -2.16. The van der Waals surface area contributed by atoms with Crippen molar-refractivity contribution in [2.45, 2.75) is 6.54 Å². The van der Waals surface area contributed by atoms with Crippen molar-refractivity contribution in [1.82, 2.24) is 9.88 Å². The number of rotatable bonds is 6. The molecular weight excluding hydrogens is 447 g/mol. The Kier molecular flexibility index (Phi) is 6.17. The van der Waals surface area contributed by atoms with Crippen molar-refractivity contribution in [2.75, 3.05) is 24.3 Å². The largest absolute Gasteiger partial charge is 0.378 e. The van der Waals surface area contributed by atoms with Gasteiger partial charge in [0.1, 0.15) is 5.70 Å². The van der Waals surface area contributed by atoms with Crippen LogP contribution in [-0.2, 0) is 16.1 Å². The third kappa shape index (κ3) is 4.33. The number of halogens is 2. The van der Waals surface area contributed by atoms with Gasteiger partial charge < -0.3 is 10.2 Å². The molecule has 1 aliphatic heterocycles. The molecule has 0 atom stereocenters. The maximum absolute atomic E-state index is 13.4. The van der Waals surface area contributed by atoms with Crippen LogP contribution in [0.4, 0.5) is 11.4 Å². The normalized spacial score (nSPS) is 13.7. The van der Waals surface area contributed by atoms with Gasteiger partial charge in [-0.1, -0.05) is 35.3 Å². The van der Waals surface area contributed by atoms with Crippen LogP contribution in [0, 0.1) is 0 Å². The van der Waals surface area contributed by atoms with Crippen molar-refractivity contribution in [1.29, 1.82) is 0 Å². The zero-order valence-corrected chi connectivity index (χ0v) is 19.0. The van der Waals surface area contributed by atoms with Crippen molar-refractivity contribution < 1.29 is 9.59 Å². The van der Waals surface area contributed by atoms with Gasteiger partial charge in [0.15, 0.2) is 0 Å². The molecule has 1 N–H and O–H groups in total. The molecule has 0 radical (unpaired) electrons. The number of nitrogens with zero attached hydrogens (tertiary/aromatic N) is 3. The molecule has 1 aromatic heterocycles. The van der Waals surface area contributed by atoms with E-state index in [2.05, 4.69) is 10.3 Å². The summed E-state index contributed by atoms with van der Waals surface area (Å²) in [6.07, 6.45) is 3.26. The molecule has 162 valence electrons. The molecule has 0 spiro atoms. The smallest absolute Gasteiger partial charge is 0.278 e. The average molecular weight is 467 g/mol. The van der Waals surface area contributed by atoms with E-state index in [1.807, 2.05) is 49.3 Å². The van der Waals surface area contributed by atoms with Gasteiger partial charge in [-0.3, -0.25) is 19.5 Å². The molecule has 4 rings (SSSR count). The van der Waals surface area contributed by atoms with Gasteiger partial charge in [0.05, 0.1) is 17.1 Å². The summed E-state index contributed by atoms with van der Waals surface area (Å²) in [6.45, 7) is 0.102. The molecule has 2 heterocycles. The number of nitrogens with one attached hydrogen (secondary N) is 1. The predicted molar refractivity (Wildman–Crippen MR) is 128 cm³/mol. The molecule has 3 aromatic rings. The fraction of sp³-hybridized carbons (Fsp3) is 0.125. The van der Waals surface area contributed by atoms with Crippen LogP contribution in [0.5, 0.6) is 0 Å². The molecule has 0 saturated heterocycles. The number of carbonyl (C=O) groups excluding carboxylic acids is 2. The zero-order valence-electron chi connectivity index (χ0n) is 17.5. The summed E-state index contributed by atoms with van der Waals surface area (Å²) in [5, 5.41) is 3.87. The highest BCUT2D eigenvalue weighted by molar-refractivity contribution is 6.41. The lowest BCUT2D eigenvalue weighted by atomic mass is 10.0. The van der Waals surface area contributed by atoms with Crippen molar-refractivity contribution >= 4 is 52.0 Å². The summed E-state index contributed by atoms with van der Waals surface area (Å²) in [7, 11) is 3.89. The first-order valence-electron chi connectivity index (χ1n) is 9.84. The highest BCUT2D eigenvalue weighted by atomic mass is 35.5. The fourth-order valence-electron chi connectivity index (χ4n) is 3.44. The standard InChI is InChI=1S/C24H20Cl2N4O2/c1-29(2)18-8-6-17(7-9-18)28-22-21(19-10-5-16(25)12-20(19)26)23(31)30(24(22)32)14-15-4-3-11-27-13-15/h3-13,28H,14H2,1-2H3. The Morgan fingerprint density at radius 3 is 2.38 bits per heavy atom. The summed E-state index contributed by atoms with van der Waals surface area (Å²) in [4.78, 5) is 34.0. The van der Waals surface area contributed by atoms with Crippen molar-refractivity contribution in [3.05, 3.63) is 93.9 Å². The van der Waals surface area contributed by atoms with E-state index in [0.717, 1.165) is 11.3 Å². The second-order valence-corrected chi connectivity index (χ2v) is 8.34. The summed E-state index contributed by atoms with van der Waals surface area (Å²) in [6, 6.07) is 16.0. The van der Waals surface area contributed by atoms with Crippen LogP contribution in [0.1, 0.15) is 11.1 Å². The molecule has 8 heteroatoms. The lowest BCUT2D eigenvalue weighted by Crippen LogP contribution is -2.32.